The lowest BCUT2D eigenvalue weighted by atomic mass is 10.1. The molecule has 4 N–H and O–H groups in total. The van der Waals surface area contributed by atoms with E-state index in [-0.39, 0.29) is 23.4 Å². The number of nitrogens with one attached hydrogen (secondary N) is 1. The van der Waals surface area contributed by atoms with Crippen molar-refractivity contribution in [2.45, 2.75) is 33.7 Å². The highest BCUT2D eigenvalue weighted by Gasteiger charge is 2.24. The van der Waals surface area contributed by atoms with Crippen LogP contribution in [0.1, 0.15) is 27.7 Å². The third-order valence-corrected chi connectivity index (χ3v) is 3.68. The van der Waals surface area contributed by atoms with Gasteiger partial charge < -0.3 is 10.9 Å². The number of nitrogens with two attached hydrogens (primary N) is 1. The van der Waals surface area contributed by atoms with Crippen LogP contribution in [0.25, 0.3) is 0 Å². The molecule has 16 heavy (non-hydrogen) atoms. The summed E-state index contributed by atoms with van der Waals surface area (Å²) in [7, 11) is -3.40. The van der Waals surface area contributed by atoms with Crippen LogP contribution >= 0.6 is 0 Å². The van der Waals surface area contributed by atoms with Crippen LogP contribution in [-0.2, 0) is 10.0 Å². The van der Waals surface area contributed by atoms with E-state index in [1.807, 2.05) is 13.8 Å². The zero-order valence-electron chi connectivity index (χ0n) is 10.1. The van der Waals surface area contributed by atoms with Crippen molar-refractivity contribution in [2.75, 3.05) is 5.75 Å². The van der Waals surface area contributed by atoms with Gasteiger partial charge in [-0.15, -0.1) is 0 Å². The van der Waals surface area contributed by atoms with Crippen LogP contribution in [0.4, 0.5) is 0 Å². The minimum atomic E-state index is -3.40. The summed E-state index contributed by atoms with van der Waals surface area (Å²) >= 11 is 0. The first-order valence-electron chi connectivity index (χ1n) is 5.17. The Balaban J connectivity index is 4.77. The molecule has 0 aromatic heterocycles. The predicted molar refractivity (Wildman–Crippen MR) is 63.8 cm³/mol. The largest absolute Gasteiger partial charge is 0.409 e. The molecule has 6 nitrogen and oxygen atoms in total. The molecule has 0 saturated carbocycles. The Morgan fingerprint density at radius 1 is 1.38 bits per heavy atom. The molecule has 0 spiro atoms. The van der Waals surface area contributed by atoms with E-state index >= 15 is 0 Å². The summed E-state index contributed by atoms with van der Waals surface area (Å²) in [6.45, 7) is 7.21. The van der Waals surface area contributed by atoms with E-state index in [2.05, 4.69) is 9.88 Å². The fraction of sp³-hybridized carbons (Fsp3) is 0.889. The number of rotatable bonds is 6. The summed E-state index contributed by atoms with van der Waals surface area (Å²) in [6, 6.07) is -0.672. The van der Waals surface area contributed by atoms with E-state index in [0.29, 0.717) is 0 Å². The smallest absolute Gasteiger partial charge is 0.212 e. The van der Waals surface area contributed by atoms with Crippen molar-refractivity contribution in [3.63, 3.8) is 0 Å². The lowest BCUT2D eigenvalue weighted by Crippen LogP contribution is -2.48. The van der Waals surface area contributed by atoms with Crippen molar-refractivity contribution in [2.24, 2.45) is 22.7 Å². The molecule has 7 heteroatoms. The summed E-state index contributed by atoms with van der Waals surface area (Å²) in [6.07, 6.45) is 0. The normalized spacial score (nSPS) is 15.8. The molecule has 0 amide bonds. The molecule has 0 fully saturated rings. The number of sulfonamides is 1. The van der Waals surface area contributed by atoms with E-state index in [4.69, 9.17) is 10.9 Å². The van der Waals surface area contributed by atoms with Crippen molar-refractivity contribution >= 4 is 15.9 Å². The second kappa shape index (κ2) is 6.05. The molecule has 0 aromatic carbocycles. The first kappa shape index (κ1) is 15.2. The molecule has 1 unspecified atom stereocenters. The van der Waals surface area contributed by atoms with Crippen LogP contribution in [0.15, 0.2) is 5.16 Å². The molecule has 0 aliphatic carbocycles. The monoisotopic (exact) mass is 251 g/mol. The third-order valence-electron chi connectivity index (χ3n) is 1.96. The highest BCUT2D eigenvalue weighted by Crippen LogP contribution is 2.06. The standard InChI is InChI=1S/C9H21N3O3S/c1-6(2)5-16(14,15)12-8(7(3)4)9(10)11-13/h6-8,12-13H,5H2,1-4H3,(H2,10,11). The van der Waals surface area contributed by atoms with E-state index < -0.39 is 16.1 Å². The Morgan fingerprint density at radius 3 is 2.19 bits per heavy atom. The molecule has 1 atom stereocenters. The molecule has 0 rings (SSSR count). The van der Waals surface area contributed by atoms with Crippen molar-refractivity contribution < 1.29 is 13.6 Å². The first-order chi connectivity index (χ1) is 7.19. The maximum atomic E-state index is 11.7. The third kappa shape index (κ3) is 5.32. The Kier molecular flexibility index (Phi) is 5.74. The maximum Gasteiger partial charge on any atom is 0.212 e. The van der Waals surface area contributed by atoms with Gasteiger partial charge in [0.1, 0.15) is 0 Å². The zero-order valence-corrected chi connectivity index (χ0v) is 11.0. The van der Waals surface area contributed by atoms with Crippen LogP contribution in [-0.4, -0.2) is 31.3 Å². The van der Waals surface area contributed by atoms with Gasteiger partial charge in [0.15, 0.2) is 5.84 Å². The van der Waals surface area contributed by atoms with Gasteiger partial charge >= 0.3 is 0 Å². The number of hydrogen-bond acceptors (Lipinski definition) is 4. The highest BCUT2D eigenvalue weighted by molar-refractivity contribution is 7.89. The number of nitrogens with zero attached hydrogens (tertiary/aromatic N) is 1. The highest BCUT2D eigenvalue weighted by atomic mass is 32.2. The Hall–Kier alpha value is -0.820. The first-order valence-corrected chi connectivity index (χ1v) is 6.82. The summed E-state index contributed by atoms with van der Waals surface area (Å²) in [5, 5.41) is 11.4. The number of oxime groups is 1. The summed E-state index contributed by atoms with van der Waals surface area (Å²) in [5.74, 6) is -0.160. The lowest BCUT2D eigenvalue weighted by Gasteiger charge is -2.21. The van der Waals surface area contributed by atoms with E-state index in [9.17, 15) is 8.42 Å². The average Bonchev–Trinajstić information content (AvgIpc) is 2.10. The van der Waals surface area contributed by atoms with Crippen LogP contribution in [0, 0.1) is 11.8 Å². The second-order valence-corrected chi connectivity index (χ2v) is 6.34. The van der Waals surface area contributed by atoms with Crippen LogP contribution in [0.2, 0.25) is 0 Å². The van der Waals surface area contributed by atoms with Crippen molar-refractivity contribution in [3.8, 4) is 0 Å². The van der Waals surface area contributed by atoms with Gasteiger partial charge in [-0.25, -0.2) is 13.1 Å². The Labute approximate surface area is 97.0 Å². The number of hydrogen-bond donors (Lipinski definition) is 3. The molecule has 96 valence electrons. The predicted octanol–water partition coefficient (Wildman–Crippen LogP) is 0.333. The van der Waals surface area contributed by atoms with Gasteiger partial charge in [-0.2, -0.15) is 0 Å². The molecule has 0 heterocycles. The van der Waals surface area contributed by atoms with Gasteiger partial charge in [0, 0.05) is 0 Å². The lowest BCUT2D eigenvalue weighted by molar-refractivity contribution is 0.313. The molecule has 0 bridgehead atoms. The zero-order chi connectivity index (χ0) is 12.9. The minimum Gasteiger partial charge on any atom is -0.409 e. The second-order valence-electron chi connectivity index (χ2n) is 4.54. The van der Waals surface area contributed by atoms with Crippen molar-refractivity contribution in [3.05, 3.63) is 0 Å². The fourth-order valence-corrected chi connectivity index (χ4v) is 3.03. The Morgan fingerprint density at radius 2 is 1.88 bits per heavy atom. The molecule has 0 aliphatic rings. The van der Waals surface area contributed by atoms with E-state index in [0.717, 1.165) is 0 Å². The van der Waals surface area contributed by atoms with E-state index in [1.165, 1.54) is 0 Å². The molecule has 0 aromatic rings. The quantitative estimate of drug-likeness (QED) is 0.274. The molecule has 0 aliphatic heterocycles. The van der Waals surface area contributed by atoms with Gasteiger partial charge in [0.2, 0.25) is 10.0 Å². The van der Waals surface area contributed by atoms with Crippen molar-refractivity contribution in [1.82, 2.24) is 4.72 Å². The molecule has 0 radical (unpaired) electrons. The van der Waals surface area contributed by atoms with Crippen LogP contribution in [0.3, 0.4) is 0 Å². The van der Waals surface area contributed by atoms with Gasteiger partial charge in [0.25, 0.3) is 0 Å². The minimum absolute atomic E-state index is 0.0227. The molecular weight excluding hydrogens is 230 g/mol. The maximum absolute atomic E-state index is 11.7. The van der Waals surface area contributed by atoms with Crippen LogP contribution in [0.5, 0.6) is 0 Å². The number of amidine groups is 1. The average molecular weight is 251 g/mol. The summed E-state index contributed by atoms with van der Waals surface area (Å²) in [4.78, 5) is 0. The van der Waals surface area contributed by atoms with Gasteiger partial charge in [-0.1, -0.05) is 32.9 Å². The Bertz CT molecular complexity index is 336. The topological polar surface area (TPSA) is 105 Å². The van der Waals surface area contributed by atoms with Crippen molar-refractivity contribution in [1.29, 1.82) is 0 Å². The van der Waals surface area contributed by atoms with Gasteiger partial charge in [0.05, 0.1) is 11.8 Å². The summed E-state index contributed by atoms with van der Waals surface area (Å²) < 4.78 is 25.8. The van der Waals surface area contributed by atoms with E-state index in [1.54, 1.807) is 13.8 Å². The molecular formula is C9H21N3O3S. The molecule has 0 saturated heterocycles. The van der Waals surface area contributed by atoms with Gasteiger partial charge in [-0.05, 0) is 11.8 Å². The summed E-state index contributed by atoms with van der Waals surface area (Å²) in [5.41, 5.74) is 5.43. The van der Waals surface area contributed by atoms with Crippen LogP contribution < -0.4 is 10.5 Å². The SMILES string of the molecule is CC(C)CS(=O)(=O)NC(C(N)=NO)C(C)C. The van der Waals surface area contributed by atoms with Gasteiger partial charge in [-0.3, -0.25) is 0 Å². The fourth-order valence-electron chi connectivity index (χ4n) is 1.28.